The Balaban J connectivity index is 1.61. The number of likely N-dealkylation sites (tertiary alicyclic amines) is 1. The minimum absolute atomic E-state index is 0.0214. The Bertz CT molecular complexity index is 1190. The van der Waals surface area contributed by atoms with Gasteiger partial charge in [-0.05, 0) is 42.7 Å². The largest absolute Gasteiger partial charge is 0.495 e. The number of benzene rings is 2. The molecule has 0 radical (unpaired) electrons. The molecule has 34 heavy (non-hydrogen) atoms. The van der Waals surface area contributed by atoms with E-state index in [9.17, 15) is 18.0 Å². The lowest BCUT2D eigenvalue weighted by molar-refractivity contribution is -0.140. The Morgan fingerprint density at radius 3 is 2.03 bits per heavy atom. The average molecular weight is 489 g/mol. The van der Waals surface area contributed by atoms with Crippen LogP contribution in [0, 0.1) is 11.8 Å². The third-order valence-electron chi connectivity index (χ3n) is 6.43. The molecule has 1 aliphatic carbocycles. The number of carbonyl (C=O) groups is 2. The van der Waals surface area contributed by atoms with E-state index in [1.807, 2.05) is 0 Å². The molecule has 2 fully saturated rings. The first-order valence-electron chi connectivity index (χ1n) is 11.1. The molecule has 1 heterocycles. The van der Waals surface area contributed by atoms with Crippen molar-refractivity contribution >= 4 is 27.5 Å². The number of nitrogens with one attached hydrogen (secondary N) is 1. The van der Waals surface area contributed by atoms with Crippen LogP contribution in [0.1, 0.15) is 31.2 Å². The number of imide groups is 1. The van der Waals surface area contributed by atoms with Crippen LogP contribution >= 0.6 is 0 Å². The van der Waals surface area contributed by atoms with Gasteiger partial charge in [-0.15, -0.1) is 0 Å². The maximum absolute atomic E-state index is 13.2. The predicted octanol–water partition coefficient (Wildman–Crippen LogP) is 3.19. The molecule has 1 saturated carbocycles. The molecule has 2 aromatic carbocycles. The molecule has 0 unspecified atom stereocenters. The summed E-state index contributed by atoms with van der Waals surface area (Å²) in [4.78, 5) is 26.8. The molecule has 182 valence electrons. The zero-order chi connectivity index (χ0) is 24.5. The van der Waals surface area contributed by atoms with Gasteiger partial charge in [-0.2, -0.15) is 0 Å². The van der Waals surface area contributed by atoms with Gasteiger partial charge in [0.15, 0.2) is 11.5 Å². The summed E-state index contributed by atoms with van der Waals surface area (Å²) < 4.78 is 44.7. The summed E-state index contributed by atoms with van der Waals surface area (Å²) in [5.41, 5.74) is 0.799. The van der Waals surface area contributed by atoms with Gasteiger partial charge in [0.1, 0.15) is 10.6 Å². The summed E-state index contributed by atoms with van der Waals surface area (Å²) in [7, 11) is 0.260. The van der Waals surface area contributed by atoms with Gasteiger partial charge in [0.25, 0.3) is 10.0 Å². The van der Waals surface area contributed by atoms with Crippen molar-refractivity contribution in [1.82, 2.24) is 4.90 Å². The smallest absolute Gasteiger partial charge is 0.265 e. The molecule has 1 N–H and O–H groups in total. The van der Waals surface area contributed by atoms with Crippen molar-refractivity contribution in [3.8, 4) is 17.2 Å². The summed E-state index contributed by atoms with van der Waals surface area (Å²) in [6, 6.07) is 9.28. The molecule has 4 rings (SSSR count). The maximum Gasteiger partial charge on any atom is 0.265 e. The zero-order valence-electron chi connectivity index (χ0n) is 19.4. The fourth-order valence-corrected chi connectivity index (χ4v) is 5.98. The van der Waals surface area contributed by atoms with Crippen molar-refractivity contribution in [2.24, 2.45) is 11.8 Å². The van der Waals surface area contributed by atoms with Crippen LogP contribution in [0.4, 0.5) is 5.69 Å². The van der Waals surface area contributed by atoms with Crippen LogP contribution in [0.3, 0.4) is 0 Å². The van der Waals surface area contributed by atoms with Gasteiger partial charge in [0, 0.05) is 6.07 Å². The van der Waals surface area contributed by atoms with Crippen LogP contribution in [-0.2, 0) is 26.2 Å². The molecule has 2 amide bonds. The highest BCUT2D eigenvalue weighted by atomic mass is 32.2. The number of amides is 2. The van der Waals surface area contributed by atoms with Crippen molar-refractivity contribution < 1.29 is 32.2 Å². The number of methoxy groups -OCH3 is 3. The third-order valence-corrected chi connectivity index (χ3v) is 7.83. The van der Waals surface area contributed by atoms with Crippen LogP contribution < -0.4 is 18.9 Å². The van der Waals surface area contributed by atoms with E-state index in [0.29, 0.717) is 17.1 Å². The van der Waals surface area contributed by atoms with Gasteiger partial charge < -0.3 is 14.2 Å². The Morgan fingerprint density at radius 2 is 1.44 bits per heavy atom. The van der Waals surface area contributed by atoms with Gasteiger partial charge in [-0.1, -0.05) is 18.9 Å². The molecule has 1 saturated heterocycles. The Kier molecular flexibility index (Phi) is 6.70. The highest BCUT2D eigenvalue weighted by Crippen LogP contribution is 2.39. The van der Waals surface area contributed by atoms with E-state index in [4.69, 9.17) is 14.2 Å². The third kappa shape index (κ3) is 4.42. The van der Waals surface area contributed by atoms with Crippen molar-refractivity contribution in [3.63, 3.8) is 0 Å². The van der Waals surface area contributed by atoms with E-state index >= 15 is 0 Å². The fraction of sp³-hybridized carbons (Fsp3) is 0.417. The summed E-state index contributed by atoms with van der Waals surface area (Å²) in [5.74, 6) is 0.131. The van der Waals surface area contributed by atoms with E-state index < -0.39 is 10.0 Å². The molecule has 0 aromatic heterocycles. The highest BCUT2D eigenvalue weighted by molar-refractivity contribution is 7.92. The lowest BCUT2D eigenvalue weighted by atomic mass is 9.81. The number of sulfonamides is 1. The molecule has 2 aromatic rings. The monoisotopic (exact) mass is 488 g/mol. The summed E-state index contributed by atoms with van der Waals surface area (Å²) in [5, 5.41) is 0. The van der Waals surface area contributed by atoms with E-state index in [-0.39, 0.29) is 46.5 Å². The fourth-order valence-electron chi connectivity index (χ4n) is 4.71. The normalized spacial score (nSPS) is 20.1. The molecular weight excluding hydrogens is 460 g/mol. The topological polar surface area (TPSA) is 111 Å². The number of ether oxygens (including phenoxy) is 3. The van der Waals surface area contributed by atoms with Crippen molar-refractivity contribution in [3.05, 3.63) is 42.0 Å². The lowest BCUT2D eigenvalue weighted by Gasteiger charge is -2.19. The minimum atomic E-state index is -4.06. The SMILES string of the molecule is COc1ccc(NS(=O)(=O)c2cc(CN3C(=O)[C@H]4CCCC[C@@H]4C3=O)ccc2OC)cc1OC. The van der Waals surface area contributed by atoms with E-state index in [1.54, 1.807) is 18.2 Å². The molecule has 0 spiro atoms. The van der Waals surface area contributed by atoms with Crippen molar-refractivity contribution in [2.75, 3.05) is 26.1 Å². The molecular formula is C24H28N2O7S. The highest BCUT2D eigenvalue weighted by Gasteiger charge is 2.47. The van der Waals surface area contributed by atoms with Crippen LogP contribution in [-0.4, -0.2) is 46.5 Å². The predicted molar refractivity (Wildman–Crippen MR) is 124 cm³/mol. The van der Waals surface area contributed by atoms with Gasteiger partial charge in [-0.3, -0.25) is 19.2 Å². The summed E-state index contributed by atoms with van der Waals surface area (Å²) in [6.07, 6.45) is 3.34. The van der Waals surface area contributed by atoms with Gasteiger partial charge >= 0.3 is 0 Å². The van der Waals surface area contributed by atoms with Crippen LogP contribution in [0.15, 0.2) is 41.3 Å². The second kappa shape index (κ2) is 9.54. The molecule has 2 atom stereocenters. The van der Waals surface area contributed by atoms with E-state index in [0.717, 1.165) is 25.7 Å². The quantitative estimate of drug-likeness (QED) is 0.568. The number of hydrogen-bond donors (Lipinski definition) is 1. The average Bonchev–Trinajstić information content (AvgIpc) is 3.08. The molecule has 9 nitrogen and oxygen atoms in total. The molecule has 2 aliphatic rings. The molecule has 1 aliphatic heterocycles. The van der Waals surface area contributed by atoms with Crippen molar-refractivity contribution in [2.45, 2.75) is 37.1 Å². The van der Waals surface area contributed by atoms with Crippen LogP contribution in [0.2, 0.25) is 0 Å². The van der Waals surface area contributed by atoms with Crippen LogP contribution in [0.5, 0.6) is 17.2 Å². The van der Waals surface area contributed by atoms with Gasteiger partial charge in [0.2, 0.25) is 11.8 Å². The second-order valence-electron chi connectivity index (χ2n) is 8.42. The first-order valence-corrected chi connectivity index (χ1v) is 12.5. The lowest BCUT2D eigenvalue weighted by Crippen LogP contribution is -2.30. The number of fused-ring (bicyclic) bond motifs is 1. The van der Waals surface area contributed by atoms with Gasteiger partial charge in [0.05, 0.1) is 45.4 Å². The summed E-state index contributed by atoms with van der Waals surface area (Å²) in [6.45, 7) is 0.0214. The maximum atomic E-state index is 13.2. The van der Waals surface area contributed by atoms with E-state index in [2.05, 4.69) is 4.72 Å². The summed E-state index contributed by atoms with van der Waals surface area (Å²) >= 11 is 0. The number of rotatable bonds is 8. The standard InChI is InChI=1S/C24H28N2O7S/c1-31-19-11-9-16(13-21(19)33-3)25-34(29,30)22-12-15(8-10-20(22)32-2)14-26-23(27)17-6-4-5-7-18(17)24(26)28/h8-13,17-18,25H,4-7,14H2,1-3H3/t17-,18-/m0/s1. The Morgan fingerprint density at radius 1 is 0.853 bits per heavy atom. The molecule has 10 heteroatoms. The first-order chi connectivity index (χ1) is 16.3. The first kappa shape index (κ1) is 23.9. The number of anilines is 1. The minimum Gasteiger partial charge on any atom is -0.495 e. The Labute approximate surface area is 199 Å². The number of nitrogens with zero attached hydrogens (tertiary/aromatic N) is 1. The van der Waals surface area contributed by atoms with Gasteiger partial charge in [-0.25, -0.2) is 8.42 Å². The second-order valence-corrected chi connectivity index (χ2v) is 10.1. The zero-order valence-corrected chi connectivity index (χ0v) is 20.2. The molecule has 0 bridgehead atoms. The van der Waals surface area contributed by atoms with Crippen molar-refractivity contribution in [1.29, 1.82) is 0 Å². The van der Waals surface area contributed by atoms with Crippen LogP contribution in [0.25, 0.3) is 0 Å². The number of hydrogen-bond acceptors (Lipinski definition) is 7. The Hall–Kier alpha value is -3.27. The number of carbonyl (C=O) groups excluding carboxylic acids is 2. The van der Waals surface area contributed by atoms with E-state index in [1.165, 1.54) is 44.4 Å².